The van der Waals surface area contributed by atoms with Gasteiger partial charge in [0, 0.05) is 16.7 Å². The number of ether oxygens (including phenoxy) is 3. The summed E-state index contributed by atoms with van der Waals surface area (Å²) in [5.74, 6) is -0.275. The second-order valence-corrected chi connectivity index (χ2v) is 6.63. The molecule has 0 fully saturated rings. The first kappa shape index (κ1) is 20.8. The van der Waals surface area contributed by atoms with Gasteiger partial charge in [-0.2, -0.15) is 4.98 Å². The highest BCUT2D eigenvalue weighted by atomic mass is 35.5. The number of halogens is 3. The second-order valence-electron chi connectivity index (χ2n) is 5.79. The number of rotatable bonds is 5. The number of hydrogen-bond donors (Lipinski definition) is 0. The van der Waals surface area contributed by atoms with Crippen molar-refractivity contribution in [2.24, 2.45) is 0 Å². The molecule has 0 N–H and O–H groups in total. The van der Waals surface area contributed by atoms with Gasteiger partial charge >= 0.3 is 6.16 Å². The van der Waals surface area contributed by atoms with Crippen molar-refractivity contribution in [3.63, 3.8) is 0 Å². The van der Waals surface area contributed by atoms with Crippen molar-refractivity contribution >= 4 is 29.4 Å². The Balaban J connectivity index is 2.03. The lowest BCUT2D eigenvalue weighted by atomic mass is 10.1. The van der Waals surface area contributed by atoms with E-state index in [-0.39, 0.29) is 34.8 Å². The molecule has 0 aliphatic rings. The van der Waals surface area contributed by atoms with Gasteiger partial charge in [0.25, 0.3) is 5.88 Å². The molecule has 0 saturated carbocycles. The molecule has 0 radical (unpaired) electrons. The molecule has 0 unspecified atom stereocenters. The molecule has 9 heteroatoms. The van der Waals surface area contributed by atoms with E-state index in [0.29, 0.717) is 16.1 Å². The summed E-state index contributed by atoms with van der Waals surface area (Å²) in [7, 11) is 0. The number of hydrogen-bond acceptors (Lipinski definition) is 6. The van der Waals surface area contributed by atoms with Crippen molar-refractivity contribution in [2.45, 2.75) is 13.8 Å². The lowest BCUT2D eigenvalue weighted by molar-refractivity contribution is 0.103. The Bertz CT molecular complexity index is 1060. The van der Waals surface area contributed by atoms with Crippen LogP contribution in [0.4, 0.5) is 9.18 Å². The largest absolute Gasteiger partial charge is 0.514 e. The van der Waals surface area contributed by atoms with Crippen molar-refractivity contribution in [3.05, 3.63) is 64.0 Å². The van der Waals surface area contributed by atoms with Crippen molar-refractivity contribution in [1.29, 1.82) is 0 Å². The number of benzene rings is 2. The highest BCUT2D eigenvalue weighted by Gasteiger charge is 2.18. The Morgan fingerprint density at radius 1 is 1.14 bits per heavy atom. The Morgan fingerprint density at radius 2 is 1.93 bits per heavy atom. The Hall–Kier alpha value is -2.90. The van der Waals surface area contributed by atoms with Gasteiger partial charge in [0.1, 0.15) is 11.6 Å². The van der Waals surface area contributed by atoms with E-state index < -0.39 is 12.0 Å². The Morgan fingerprint density at radius 3 is 2.66 bits per heavy atom. The summed E-state index contributed by atoms with van der Waals surface area (Å²) in [4.78, 5) is 20.1. The maximum Gasteiger partial charge on any atom is 0.514 e. The van der Waals surface area contributed by atoms with Crippen LogP contribution < -0.4 is 9.47 Å². The summed E-state index contributed by atoms with van der Waals surface area (Å²) in [6, 6.07) is 9.18. The fourth-order valence-electron chi connectivity index (χ4n) is 2.27. The minimum absolute atomic E-state index is 0.101. The summed E-state index contributed by atoms with van der Waals surface area (Å²) in [5.41, 5.74) is 0.899. The molecular weight excluding hydrogens is 422 g/mol. The van der Waals surface area contributed by atoms with Crippen molar-refractivity contribution in [2.75, 3.05) is 6.61 Å². The lowest BCUT2D eigenvalue weighted by Crippen LogP contribution is -2.11. The molecule has 2 aromatic carbocycles. The molecule has 29 heavy (non-hydrogen) atoms. The van der Waals surface area contributed by atoms with Crippen LogP contribution in [-0.2, 0) is 4.74 Å². The van der Waals surface area contributed by atoms with E-state index in [1.54, 1.807) is 38.1 Å². The number of aryl methyl sites for hydroxylation is 1. The second kappa shape index (κ2) is 9.07. The first-order valence-electron chi connectivity index (χ1n) is 8.48. The summed E-state index contributed by atoms with van der Waals surface area (Å²) in [6.45, 7) is 3.40. The third-order valence-electron chi connectivity index (χ3n) is 3.71. The molecule has 1 aromatic heterocycles. The molecule has 3 aromatic rings. The Labute approximate surface area is 176 Å². The van der Waals surface area contributed by atoms with E-state index in [4.69, 9.17) is 37.4 Å². The summed E-state index contributed by atoms with van der Waals surface area (Å²) in [5, 5.41) is 0.644. The van der Waals surface area contributed by atoms with E-state index in [0.717, 1.165) is 0 Å². The highest BCUT2D eigenvalue weighted by molar-refractivity contribution is 6.34. The molecule has 0 atom stereocenters. The SMILES string of the molecule is CCOC(=O)Oc1cnc(-c2ccc(C)c(F)c2)nc1Oc1cc(Cl)ccc1Cl. The molecule has 6 nitrogen and oxygen atoms in total. The van der Waals surface area contributed by atoms with Crippen LogP contribution in [0.3, 0.4) is 0 Å². The topological polar surface area (TPSA) is 70.5 Å². The molecule has 0 aliphatic carbocycles. The maximum absolute atomic E-state index is 13.9. The van der Waals surface area contributed by atoms with Gasteiger partial charge in [0.15, 0.2) is 5.82 Å². The predicted molar refractivity (Wildman–Crippen MR) is 106 cm³/mol. The van der Waals surface area contributed by atoms with Crippen molar-refractivity contribution in [3.8, 4) is 28.8 Å². The number of carbonyl (C=O) groups excluding carboxylic acids is 1. The van der Waals surface area contributed by atoms with Gasteiger partial charge in [0.05, 0.1) is 17.8 Å². The first-order valence-corrected chi connectivity index (χ1v) is 9.24. The predicted octanol–water partition coefficient (Wildman–Crippen LogP) is 6.23. The smallest absolute Gasteiger partial charge is 0.434 e. The fourth-order valence-corrected chi connectivity index (χ4v) is 2.58. The zero-order valence-electron chi connectivity index (χ0n) is 15.4. The van der Waals surface area contributed by atoms with Crippen LogP contribution in [0.2, 0.25) is 10.0 Å². The van der Waals surface area contributed by atoms with Crippen molar-refractivity contribution in [1.82, 2.24) is 9.97 Å². The molecule has 0 saturated heterocycles. The van der Waals surface area contributed by atoms with Gasteiger partial charge in [0.2, 0.25) is 5.75 Å². The van der Waals surface area contributed by atoms with Gasteiger partial charge in [-0.1, -0.05) is 35.3 Å². The van der Waals surface area contributed by atoms with Gasteiger partial charge in [-0.05, 0) is 37.6 Å². The molecule has 0 aliphatic heterocycles. The third-order valence-corrected chi connectivity index (χ3v) is 4.26. The van der Waals surface area contributed by atoms with E-state index in [9.17, 15) is 9.18 Å². The third kappa shape index (κ3) is 5.13. The molecule has 150 valence electrons. The normalized spacial score (nSPS) is 10.5. The molecule has 0 bridgehead atoms. The van der Waals surface area contributed by atoms with Crippen LogP contribution in [0.5, 0.6) is 17.4 Å². The van der Waals surface area contributed by atoms with E-state index >= 15 is 0 Å². The van der Waals surface area contributed by atoms with Crippen LogP contribution in [0.1, 0.15) is 12.5 Å². The van der Waals surface area contributed by atoms with Gasteiger partial charge in [-0.3, -0.25) is 0 Å². The van der Waals surface area contributed by atoms with E-state index in [1.165, 1.54) is 18.3 Å². The molecule has 1 heterocycles. The quantitative estimate of drug-likeness (QED) is 0.441. The highest BCUT2D eigenvalue weighted by Crippen LogP contribution is 2.36. The van der Waals surface area contributed by atoms with E-state index in [1.807, 2.05) is 0 Å². The minimum atomic E-state index is -0.952. The molecular formula is C20H15Cl2FN2O4. The summed E-state index contributed by atoms with van der Waals surface area (Å²) in [6.07, 6.45) is 0.275. The van der Waals surface area contributed by atoms with Gasteiger partial charge in [-0.15, -0.1) is 0 Å². The van der Waals surface area contributed by atoms with Gasteiger partial charge < -0.3 is 14.2 Å². The van der Waals surface area contributed by atoms with Gasteiger partial charge in [-0.25, -0.2) is 14.2 Å². The zero-order chi connectivity index (χ0) is 21.0. The number of carbonyl (C=O) groups is 1. The lowest BCUT2D eigenvalue weighted by Gasteiger charge is -2.12. The van der Waals surface area contributed by atoms with Crippen LogP contribution in [0, 0.1) is 12.7 Å². The van der Waals surface area contributed by atoms with Crippen LogP contribution in [-0.4, -0.2) is 22.7 Å². The standard InChI is InChI=1S/C20H15Cl2FN2O4/c1-3-27-20(26)29-17-10-24-18(12-5-4-11(2)15(23)8-12)25-19(17)28-16-9-13(21)6-7-14(16)22/h4-10H,3H2,1-2H3. The maximum atomic E-state index is 13.9. The molecule has 0 amide bonds. The fraction of sp³-hybridized carbons (Fsp3) is 0.150. The zero-order valence-corrected chi connectivity index (χ0v) is 16.9. The van der Waals surface area contributed by atoms with E-state index in [2.05, 4.69) is 9.97 Å². The number of nitrogens with zero attached hydrogens (tertiary/aromatic N) is 2. The monoisotopic (exact) mass is 436 g/mol. The molecule has 0 spiro atoms. The number of aromatic nitrogens is 2. The summed E-state index contributed by atoms with van der Waals surface area (Å²) >= 11 is 12.1. The minimum Gasteiger partial charge on any atom is -0.434 e. The average Bonchev–Trinajstić information content (AvgIpc) is 2.68. The van der Waals surface area contributed by atoms with Crippen LogP contribution in [0.15, 0.2) is 42.6 Å². The van der Waals surface area contributed by atoms with Crippen molar-refractivity contribution < 1.29 is 23.4 Å². The van der Waals surface area contributed by atoms with Crippen LogP contribution >= 0.6 is 23.2 Å². The van der Waals surface area contributed by atoms with Crippen LogP contribution in [0.25, 0.3) is 11.4 Å². The summed E-state index contributed by atoms with van der Waals surface area (Å²) < 4.78 is 29.5. The Kier molecular flexibility index (Phi) is 6.51. The first-order chi connectivity index (χ1) is 13.9. The average molecular weight is 437 g/mol. The molecule has 3 rings (SSSR count).